The third kappa shape index (κ3) is 6.10. The first-order valence-electron chi connectivity index (χ1n) is 5.18. The molecule has 15 heavy (non-hydrogen) atoms. The van der Waals surface area contributed by atoms with Crippen LogP contribution in [-0.4, -0.2) is 33.0 Å². The van der Waals surface area contributed by atoms with Crippen LogP contribution in [-0.2, 0) is 9.47 Å². The lowest BCUT2D eigenvalue weighted by Crippen LogP contribution is -2.10. The SMILES string of the molecule is CCOCCOCCOc1cc[c]cc1. The average Bonchev–Trinajstić information content (AvgIpc) is 2.29. The fourth-order valence-corrected chi connectivity index (χ4v) is 1.05. The molecule has 0 unspecified atom stereocenters. The molecule has 0 aliphatic carbocycles. The highest BCUT2D eigenvalue weighted by atomic mass is 16.5. The van der Waals surface area contributed by atoms with Gasteiger partial charge in [0.25, 0.3) is 0 Å². The van der Waals surface area contributed by atoms with Crippen LogP contribution in [0.4, 0.5) is 0 Å². The molecule has 0 saturated heterocycles. The van der Waals surface area contributed by atoms with Crippen molar-refractivity contribution in [2.45, 2.75) is 6.92 Å². The van der Waals surface area contributed by atoms with Gasteiger partial charge in [-0.2, -0.15) is 0 Å². The van der Waals surface area contributed by atoms with Crippen LogP contribution >= 0.6 is 0 Å². The summed E-state index contributed by atoms with van der Waals surface area (Å²) in [6.45, 7) is 5.13. The Balaban J connectivity index is 1.93. The van der Waals surface area contributed by atoms with E-state index in [1.165, 1.54) is 0 Å². The standard InChI is InChI=1S/C12H17O3/c1-2-13-8-9-14-10-11-15-12-6-4-3-5-7-12/h4-7H,2,8-11H2,1H3. The summed E-state index contributed by atoms with van der Waals surface area (Å²) < 4.78 is 15.9. The van der Waals surface area contributed by atoms with E-state index in [-0.39, 0.29) is 0 Å². The highest BCUT2D eigenvalue weighted by Gasteiger charge is 1.92. The Hall–Kier alpha value is -1.06. The predicted octanol–water partition coefficient (Wildman–Crippen LogP) is 1.92. The minimum Gasteiger partial charge on any atom is -0.491 e. The maximum absolute atomic E-state index is 5.43. The average molecular weight is 209 g/mol. The van der Waals surface area contributed by atoms with E-state index in [4.69, 9.17) is 14.2 Å². The Labute approximate surface area is 91.0 Å². The zero-order valence-corrected chi connectivity index (χ0v) is 9.07. The van der Waals surface area contributed by atoms with Crippen LogP contribution in [0.1, 0.15) is 6.92 Å². The molecule has 0 spiro atoms. The summed E-state index contributed by atoms with van der Waals surface area (Å²) in [5.41, 5.74) is 0. The van der Waals surface area contributed by atoms with Crippen LogP contribution in [0.5, 0.6) is 5.75 Å². The second-order valence-corrected chi connectivity index (χ2v) is 2.89. The van der Waals surface area contributed by atoms with E-state index in [0.717, 1.165) is 12.4 Å². The largest absolute Gasteiger partial charge is 0.491 e. The molecule has 1 aromatic carbocycles. The first-order valence-corrected chi connectivity index (χ1v) is 5.18. The van der Waals surface area contributed by atoms with Crippen molar-refractivity contribution in [2.24, 2.45) is 0 Å². The molecule has 0 fully saturated rings. The van der Waals surface area contributed by atoms with Crippen LogP contribution < -0.4 is 4.74 Å². The van der Waals surface area contributed by atoms with Crippen molar-refractivity contribution >= 4 is 0 Å². The third-order valence-electron chi connectivity index (χ3n) is 1.76. The van der Waals surface area contributed by atoms with Gasteiger partial charge in [0.2, 0.25) is 0 Å². The van der Waals surface area contributed by atoms with Gasteiger partial charge < -0.3 is 14.2 Å². The molecule has 0 bridgehead atoms. The summed E-state index contributed by atoms with van der Waals surface area (Å²) in [5, 5.41) is 0. The lowest BCUT2D eigenvalue weighted by molar-refractivity contribution is 0.0405. The maximum atomic E-state index is 5.43. The number of rotatable bonds is 8. The lowest BCUT2D eigenvalue weighted by atomic mass is 10.3. The summed E-state index contributed by atoms with van der Waals surface area (Å²) in [6, 6.07) is 10.3. The van der Waals surface area contributed by atoms with Gasteiger partial charge in [0.1, 0.15) is 12.4 Å². The van der Waals surface area contributed by atoms with E-state index in [1.54, 1.807) is 0 Å². The van der Waals surface area contributed by atoms with Crippen LogP contribution in [0.3, 0.4) is 0 Å². The Bertz CT molecular complexity index is 236. The van der Waals surface area contributed by atoms with E-state index in [2.05, 4.69) is 6.07 Å². The minimum atomic E-state index is 0.566. The third-order valence-corrected chi connectivity index (χ3v) is 1.76. The lowest BCUT2D eigenvalue weighted by Gasteiger charge is -2.06. The molecule has 1 aromatic rings. The number of hydrogen-bond acceptors (Lipinski definition) is 3. The second kappa shape index (κ2) is 8.26. The van der Waals surface area contributed by atoms with Crippen molar-refractivity contribution < 1.29 is 14.2 Å². The summed E-state index contributed by atoms with van der Waals surface area (Å²) in [7, 11) is 0. The van der Waals surface area contributed by atoms with Crippen LogP contribution in [0, 0.1) is 6.07 Å². The fourth-order valence-electron chi connectivity index (χ4n) is 1.05. The number of ether oxygens (including phenoxy) is 3. The molecule has 0 aliphatic rings. The number of hydrogen-bond donors (Lipinski definition) is 0. The van der Waals surface area contributed by atoms with E-state index in [0.29, 0.717) is 26.4 Å². The van der Waals surface area contributed by atoms with Crippen molar-refractivity contribution in [1.29, 1.82) is 0 Å². The molecule has 0 aromatic heterocycles. The predicted molar refractivity (Wildman–Crippen MR) is 58.1 cm³/mol. The first kappa shape index (κ1) is 12.0. The molecule has 1 radical (unpaired) electrons. The first-order chi connectivity index (χ1) is 7.43. The highest BCUT2D eigenvalue weighted by molar-refractivity contribution is 5.20. The second-order valence-electron chi connectivity index (χ2n) is 2.89. The molecular formula is C12H17O3. The van der Waals surface area contributed by atoms with Crippen molar-refractivity contribution in [3.8, 4) is 5.75 Å². The molecule has 0 aliphatic heterocycles. The smallest absolute Gasteiger partial charge is 0.119 e. The van der Waals surface area contributed by atoms with Crippen molar-refractivity contribution in [3.63, 3.8) is 0 Å². The fraction of sp³-hybridized carbons (Fsp3) is 0.500. The summed E-state index contributed by atoms with van der Waals surface area (Å²) in [6.07, 6.45) is 0. The van der Waals surface area contributed by atoms with Gasteiger partial charge in [0, 0.05) is 6.61 Å². The Morgan fingerprint density at radius 2 is 1.67 bits per heavy atom. The zero-order valence-electron chi connectivity index (χ0n) is 9.07. The van der Waals surface area contributed by atoms with Gasteiger partial charge in [-0.15, -0.1) is 0 Å². The van der Waals surface area contributed by atoms with Gasteiger partial charge >= 0.3 is 0 Å². The quantitative estimate of drug-likeness (QED) is 0.612. The summed E-state index contributed by atoms with van der Waals surface area (Å²) in [4.78, 5) is 0. The van der Waals surface area contributed by atoms with E-state index in [9.17, 15) is 0 Å². The van der Waals surface area contributed by atoms with Gasteiger partial charge in [0.05, 0.1) is 19.8 Å². The van der Waals surface area contributed by atoms with Gasteiger partial charge in [-0.05, 0) is 25.1 Å². The summed E-state index contributed by atoms with van der Waals surface area (Å²) in [5.74, 6) is 0.849. The minimum absolute atomic E-state index is 0.566. The monoisotopic (exact) mass is 209 g/mol. The molecule has 3 heteroatoms. The Kier molecular flexibility index (Phi) is 6.62. The van der Waals surface area contributed by atoms with Crippen molar-refractivity contribution in [3.05, 3.63) is 30.3 Å². The normalized spacial score (nSPS) is 10.2. The molecule has 0 amide bonds. The van der Waals surface area contributed by atoms with Gasteiger partial charge in [-0.1, -0.05) is 12.1 Å². The number of benzene rings is 1. The van der Waals surface area contributed by atoms with Gasteiger partial charge in [-0.3, -0.25) is 0 Å². The molecule has 0 saturated carbocycles. The van der Waals surface area contributed by atoms with E-state index < -0.39 is 0 Å². The van der Waals surface area contributed by atoms with Crippen LogP contribution in [0.15, 0.2) is 24.3 Å². The summed E-state index contributed by atoms with van der Waals surface area (Å²) >= 11 is 0. The molecule has 3 nitrogen and oxygen atoms in total. The van der Waals surface area contributed by atoms with Crippen LogP contribution in [0.25, 0.3) is 0 Å². The topological polar surface area (TPSA) is 27.7 Å². The Morgan fingerprint density at radius 1 is 1.00 bits per heavy atom. The van der Waals surface area contributed by atoms with Crippen molar-refractivity contribution in [2.75, 3.05) is 33.0 Å². The molecule has 83 valence electrons. The molecule has 0 N–H and O–H groups in total. The molecular weight excluding hydrogens is 192 g/mol. The molecule has 0 heterocycles. The van der Waals surface area contributed by atoms with Crippen LogP contribution in [0.2, 0.25) is 0 Å². The maximum Gasteiger partial charge on any atom is 0.119 e. The molecule has 1 rings (SSSR count). The van der Waals surface area contributed by atoms with Gasteiger partial charge in [0.15, 0.2) is 0 Å². The van der Waals surface area contributed by atoms with E-state index >= 15 is 0 Å². The van der Waals surface area contributed by atoms with E-state index in [1.807, 2.05) is 31.2 Å². The van der Waals surface area contributed by atoms with Crippen molar-refractivity contribution in [1.82, 2.24) is 0 Å². The zero-order chi connectivity index (χ0) is 10.8. The highest BCUT2D eigenvalue weighted by Crippen LogP contribution is 2.07. The molecule has 0 atom stereocenters. The van der Waals surface area contributed by atoms with Gasteiger partial charge in [-0.25, -0.2) is 0 Å². The Morgan fingerprint density at radius 3 is 2.40 bits per heavy atom.